The molecule has 0 aliphatic carbocycles. The molecule has 0 atom stereocenters. The molecule has 15 aromatic carbocycles. The summed E-state index contributed by atoms with van der Waals surface area (Å²) in [5, 5.41) is 10.6. The average molecular weight is 1260 g/mol. The van der Waals surface area contributed by atoms with Gasteiger partial charge in [-0.25, -0.2) is 0 Å². The molecule has 0 N–H and O–H groups in total. The maximum atomic E-state index is 2.66. The summed E-state index contributed by atoms with van der Waals surface area (Å²) in [5.41, 5.74) is 18.3. The molecule has 0 spiro atoms. The van der Waals surface area contributed by atoms with Gasteiger partial charge in [0.2, 0.25) is 0 Å². The smallest absolute Gasteiger partial charge is 0.252 e. The van der Waals surface area contributed by atoms with Gasteiger partial charge in [-0.05, 0) is 141 Å². The molecule has 2 heterocycles. The maximum absolute atomic E-state index is 3.13. The molecule has 0 saturated carbocycles. The summed E-state index contributed by atoms with van der Waals surface area (Å²) in [7, 11) is -6.18. The molecule has 0 amide bonds. The van der Waals surface area contributed by atoms with Gasteiger partial charge in [-0.2, -0.15) is 0 Å². The normalized spacial score (nSPS) is 12.3. The lowest BCUT2D eigenvalue weighted by Crippen LogP contribution is -2.75. The first-order valence-electron chi connectivity index (χ1n) is 33.3. The molecule has 0 unspecified atom stereocenters. The number of nitrogens with zero attached hydrogens (tertiary/aromatic N) is 3. The Morgan fingerprint density at radius 1 is 0.219 bits per heavy atom. The fourth-order valence-electron chi connectivity index (χ4n) is 15.9. The van der Waals surface area contributed by atoms with E-state index in [1.54, 1.807) is 0 Å². The minimum atomic E-state index is -3.13. The summed E-state index contributed by atoms with van der Waals surface area (Å²) < 4.78 is 0. The third-order valence-electron chi connectivity index (χ3n) is 19.9. The van der Waals surface area contributed by atoms with Crippen LogP contribution in [-0.2, 0) is 0 Å². The van der Waals surface area contributed by atoms with Gasteiger partial charge in [0, 0.05) is 45.4 Å². The number of rotatable bonds is 15. The van der Waals surface area contributed by atoms with Gasteiger partial charge in [0.05, 0.1) is 11.4 Å². The first kappa shape index (κ1) is 58.1. The summed E-state index contributed by atoms with van der Waals surface area (Å²) in [6, 6.07) is 151. The molecule has 15 aromatic rings. The highest BCUT2D eigenvalue weighted by molar-refractivity contribution is 7.20. The van der Waals surface area contributed by atoms with Gasteiger partial charge < -0.3 is 14.7 Å². The van der Waals surface area contributed by atoms with E-state index in [1.165, 1.54) is 69.0 Å². The Balaban J connectivity index is 1.03. The SMILES string of the molecule is c1ccc(-c2ccccc2N2c3cc([Si](c4ccccc4)(c4ccccc4)c4ccccc4)ccc3B3c4c(-c5ccccc5)cccc4N(c4cccc([Si](c5ccccc5)(c5ccccc5)c5ccccc5)c4)c4cc(N(c5ccccc5)c5ccccc5)cc2c43)cc1. The Bertz CT molecular complexity index is 5000. The van der Waals surface area contributed by atoms with Crippen molar-refractivity contribution in [2.24, 2.45) is 0 Å². The van der Waals surface area contributed by atoms with E-state index in [4.69, 9.17) is 0 Å². The zero-order valence-corrected chi connectivity index (χ0v) is 55.0. The first-order valence-corrected chi connectivity index (χ1v) is 37.3. The van der Waals surface area contributed by atoms with Crippen molar-refractivity contribution in [3.05, 3.63) is 400 Å². The van der Waals surface area contributed by atoms with Crippen LogP contribution in [0, 0.1) is 0 Å². The molecule has 96 heavy (non-hydrogen) atoms. The van der Waals surface area contributed by atoms with Crippen LogP contribution >= 0.6 is 0 Å². The van der Waals surface area contributed by atoms with E-state index in [2.05, 4.69) is 415 Å². The van der Waals surface area contributed by atoms with Crippen LogP contribution in [0.3, 0.4) is 0 Å². The number of fused-ring (bicyclic) bond motifs is 4. The number of para-hydroxylation sites is 3. The van der Waals surface area contributed by atoms with Crippen molar-refractivity contribution >= 4 is 132 Å². The Labute approximate surface area is 565 Å². The summed E-state index contributed by atoms with van der Waals surface area (Å²) >= 11 is 0. The van der Waals surface area contributed by atoms with Crippen molar-refractivity contribution in [1.29, 1.82) is 0 Å². The van der Waals surface area contributed by atoms with Crippen molar-refractivity contribution < 1.29 is 0 Å². The van der Waals surface area contributed by atoms with E-state index in [0.29, 0.717) is 0 Å². The summed E-state index contributed by atoms with van der Waals surface area (Å²) in [6.07, 6.45) is 0. The van der Waals surface area contributed by atoms with Crippen LogP contribution in [0.1, 0.15) is 0 Å². The first-order chi connectivity index (χ1) is 47.7. The van der Waals surface area contributed by atoms with E-state index < -0.39 is 16.1 Å². The number of hydrogen-bond acceptors (Lipinski definition) is 3. The molecule has 2 aliphatic heterocycles. The highest BCUT2D eigenvalue weighted by Gasteiger charge is 2.49. The van der Waals surface area contributed by atoms with Crippen molar-refractivity contribution in [1.82, 2.24) is 0 Å². The fourth-order valence-corrected chi connectivity index (χ4v) is 25.5. The minimum absolute atomic E-state index is 0.242. The number of benzene rings is 15. The molecule has 2 aliphatic rings. The number of anilines is 9. The third-order valence-corrected chi connectivity index (χ3v) is 29.4. The van der Waals surface area contributed by atoms with Crippen molar-refractivity contribution in [3.63, 3.8) is 0 Å². The molecule has 0 bridgehead atoms. The Morgan fingerprint density at radius 2 is 0.573 bits per heavy atom. The topological polar surface area (TPSA) is 9.72 Å². The van der Waals surface area contributed by atoms with Crippen molar-refractivity contribution in [3.8, 4) is 22.3 Å². The van der Waals surface area contributed by atoms with E-state index >= 15 is 0 Å². The van der Waals surface area contributed by atoms with Crippen LogP contribution in [0.25, 0.3) is 22.3 Å². The van der Waals surface area contributed by atoms with E-state index in [9.17, 15) is 0 Å². The lowest BCUT2D eigenvalue weighted by atomic mass is 9.32. The highest BCUT2D eigenvalue weighted by Crippen LogP contribution is 2.50. The van der Waals surface area contributed by atoms with Gasteiger partial charge in [0.1, 0.15) is 0 Å². The van der Waals surface area contributed by atoms with E-state index in [1.807, 2.05) is 0 Å². The molecular formula is C90H66BN3Si2. The molecular weight excluding hydrogens is 1190 g/mol. The maximum Gasteiger partial charge on any atom is 0.252 e. The van der Waals surface area contributed by atoms with Gasteiger partial charge in [0.15, 0.2) is 16.1 Å². The third kappa shape index (κ3) is 9.71. The van der Waals surface area contributed by atoms with Crippen LogP contribution in [0.5, 0.6) is 0 Å². The largest absolute Gasteiger partial charge is 0.311 e. The van der Waals surface area contributed by atoms with Gasteiger partial charge in [-0.1, -0.05) is 334 Å². The molecule has 0 radical (unpaired) electrons. The molecule has 0 aromatic heterocycles. The number of hydrogen-bond donors (Lipinski definition) is 0. The zero-order chi connectivity index (χ0) is 63.8. The molecule has 0 fully saturated rings. The Morgan fingerprint density at radius 3 is 1.04 bits per heavy atom. The summed E-state index contributed by atoms with van der Waals surface area (Å²) in [6.45, 7) is -0.242. The lowest BCUT2D eigenvalue weighted by molar-refractivity contribution is 1.23. The molecule has 452 valence electrons. The minimum Gasteiger partial charge on any atom is -0.311 e. The van der Waals surface area contributed by atoms with Crippen molar-refractivity contribution in [2.75, 3.05) is 14.7 Å². The van der Waals surface area contributed by atoms with Gasteiger partial charge in [0.25, 0.3) is 6.71 Å². The molecule has 3 nitrogen and oxygen atoms in total. The second kappa shape index (κ2) is 24.9. The average Bonchev–Trinajstić information content (AvgIpc) is 0.680. The predicted octanol–water partition coefficient (Wildman–Crippen LogP) is 15.3. The Hall–Kier alpha value is -11.8. The molecule has 6 heteroatoms. The highest BCUT2D eigenvalue weighted by atomic mass is 28.3. The van der Waals surface area contributed by atoms with Crippen LogP contribution in [0.15, 0.2) is 400 Å². The van der Waals surface area contributed by atoms with Crippen LogP contribution < -0.4 is 72.6 Å². The molecule has 0 saturated heterocycles. The second-order valence-electron chi connectivity index (χ2n) is 25.0. The predicted molar refractivity (Wildman–Crippen MR) is 413 cm³/mol. The summed E-state index contributed by atoms with van der Waals surface area (Å²) in [5.74, 6) is 0. The quantitative estimate of drug-likeness (QED) is 0.0748. The van der Waals surface area contributed by atoms with E-state index in [0.717, 1.165) is 62.3 Å². The summed E-state index contributed by atoms with van der Waals surface area (Å²) in [4.78, 5) is 7.76. The van der Waals surface area contributed by atoms with Crippen LogP contribution in [0.4, 0.5) is 51.2 Å². The van der Waals surface area contributed by atoms with Gasteiger partial charge in [-0.3, -0.25) is 0 Å². The van der Waals surface area contributed by atoms with E-state index in [-0.39, 0.29) is 6.71 Å². The zero-order valence-electron chi connectivity index (χ0n) is 53.0. The van der Waals surface area contributed by atoms with Crippen LogP contribution in [-0.4, -0.2) is 22.9 Å². The standard InChI is InChI=1S/C90H66BN3Si2/c1-11-35-67(36-12-1)81-57-31-32-59-84(81)94-86-66-80(96(76-50-25-8-26-51-76,77-52-27-9-28-53-77)78-54-29-10-30-55-78)61-62-83(86)91-89-82(68-37-13-2-14-38-68)58-34-60-85(89)93(87-64-72(65-88(94)90(87)91)92(69-39-15-3-16-40-69)70-41-17-4-18-42-70)71-43-33-56-79(63-71)95(73-44-19-5-20-45-73,74-46-21-6-22-47-74)75-48-23-7-24-49-75/h1-66H. The van der Waals surface area contributed by atoms with Crippen molar-refractivity contribution in [2.45, 2.75) is 0 Å². The second-order valence-corrected chi connectivity index (χ2v) is 32.6. The monoisotopic (exact) mass is 1260 g/mol. The lowest BCUT2D eigenvalue weighted by Gasteiger charge is -2.46. The fraction of sp³-hybridized carbons (Fsp3) is 0. The Kier molecular flexibility index (Phi) is 15.1. The van der Waals surface area contributed by atoms with Crippen LogP contribution in [0.2, 0.25) is 0 Å². The van der Waals surface area contributed by atoms with Gasteiger partial charge >= 0.3 is 0 Å². The van der Waals surface area contributed by atoms with Gasteiger partial charge in [-0.15, -0.1) is 0 Å². The molecule has 17 rings (SSSR count).